The summed E-state index contributed by atoms with van der Waals surface area (Å²) in [5.74, 6) is -0.948. The average molecular weight is 170 g/mol. The fraction of sp³-hybridized carbons (Fsp3) is 0. The highest BCUT2D eigenvalue weighted by Gasteiger charge is 2.09. The summed E-state index contributed by atoms with van der Waals surface area (Å²) >= 11 is 0. The fourth-order valence-corrected chi connectivity index (χ4v) is 0.690. The molecule has 0 radical (unpaired) electrons. The maximum atomic E-state index is 10.8. The van der Waals surface area contributed by atoms with Crippen LogP contribution in [0, 0.1) is 0 Å². The van der Waals surface area contributed by atoms with Crippen molar-refractivity contribution < 1.29 is 4.79 Å². The van der Waals surface area contributed by atoms with Crippen LogP contribution in [0.5, 0.6) is 0 Å². The highest BCUT2D eigenvalue weighted by atomic mass is 16.2. The van der Waals surface area contributed by atoms with Crippen molar-refractivity contribution in [3.63, 3.8) is 0 Å². The number of aromatic nitrogens is 2. The van der Waals surface area contributed by atoms with E-state index < -0.39 is 17.2 Å². The van der Waals surface area contributed by atoms with Gasteiger partial charge in [-0.2, -0.15) is 0 Å². The summed E-state index contributed by atoms with van der Waals surface area (Å²) in [7, 11) is 0. The molecule has 0 aliphatic heterocycles. The molecule has 1 rings (SSSR count). The van der Waals surface area contributed by atoms with Crippen molar-refractivity contribution in [1.82, 2.24) is 9.97 Å². The van der Waals surface area contributed by atoms with E-state index in [0.29, 0.717) is 0 Å². The first-order valence-electron chi connectivity index (χ1n) is 2.94. The van der Waals surface area contributed by atoms with Crippen LogP contribution in [0.15, 0.2) is 9.59 Å². The molecule has 0 aromatic carbocycles. The quantitative estimate of drug-likeness (QED) is 0.378. The van der Waals surface area contributed by atoms with E-state index in [1.165, 1.54) is 0 Å². The van der Waals surface area contributed by atoms with Crippen molar-refractivity contribution in [2.75, 3.05) is 5.73 Å². The van der Waals surface area contributed by atoms with Crippen LogP contribution in [0.1, 0.15) is 10.5 Å². The Hall–Kier alpha value is -2.05. The van der Waals surface area contributed by atoms with Gasteiger partial charge < -0.3 is 16.5 Å². The van der Waals surface area contributed by atoms with Crippen LogP contribution in [0.25, 0.3) is 0 Å². The van der Waals surface area contributed by atoms with Gasteiger partial charge in [-0.1, -0.05) is 0 Å². The lowest BCUT2D eigenvalue weighted by Crippen LogP contribution is -2.30. The summed E-state index contributed by atoms with van der Waals surface area (Å²) in [6.45, 7) is 0. The van der Waals surface area contributed by atoms with Gasteiger partial charge in [-0.05, 0) is 0 Å². The number of hydrogen-bond acceptors (Lipinski definition) is 4. The molecule has 1 heterocycles. The number of amides is 1. The van der Waals surface area contributed by atoms with Crippen LogP contribution in [-0.2, 0) is 0 Å². The third-order valence-corrected chi connectivity index (χ3v) is 1.23. The highest BCUT2D eigenvalue weighted by Crippen LogP contribution is 1.94. The lowest BCUT2D eigenvalue weighted by molar-refractivity contribution is 0.0996. The van der Waals surface area contributed by atoms with E-state index in [1.807, 2.05) is 9.97 Å². The standard InChI is InChI=1S/C5H6N4O3/c6-1-2(3(7)10)8-5(12)9-4(1)11/h6H2,(H2,7,10)(H2,8,9,11,12). The number of carbonyl (C=O) groups is 1. The Labute approximate surface area is 65.4 Å². The van der Waals surface area contributed by atoms with Crippen molar-refractivity contribution in [2.24, 2.45) is 5.73 Å². The molecule has 7 heteroatoms. The van der Waals surface area contributed by atoms with E-state index in [-0.39, 0.29) is 11.4 Å². The topological polar surface area (TPSA) is 135 Å². The largest absolute Gasteiger partial charge is 0.392 e. The predicted molar refractivity (Wildman–Crippen MR) is 40.6 cm³/mol. The first kappa shape index (κ1) is 8.05. The number of hydrogen-bond donors (Lipinski definition) is 4. The van der Waals surface area contributed by atoms with Crippen LogP contribution in [0.4, 0.5) is 5.69 Å². The fourth-order valence-electron chi connectivity index (χ4n) is 0.690. The Bertz CT molecular complexity index is 429. The van der Waals surface area contributed by atoms with Crippen molar-refractivity contribution in [3.8, 4) is 0 Å². The molecule has 7 nitrogen and oxygen atoms in total. The Morgan fingerprint density at radius 3 is 2.33 bits per heavy atom. The Balaban J connectivity index is 3.59. The van der Waals surface area contributed by atoms with Crippen molar-refractivity contribution in [1.29, 1.82) is 0 Å². The van der Waals surface area contributed by atoms with Gasteiger partial charge in [0.1, 0.15) is 11.4 Å². The van der Waals surface area contributed by atoms with E-state index in [4.69, 9.17) is 11.5 Å². The molecule has 0 fully saturated rings. The van der Waals surface area contributed by atoms with Crippen molar-refractivity contribution >= 4 is 11.6 Å². The third-order valence-electron chi connectivity index (χ3n) is 1.23. The monoisotopic (exact) mass is 170 g/mol. The van der Waals surface area contributed by atoms with Gasteiger partial charge in [0.25, 0.3) is 11.5 Å². The van der Waals surface area contributed by atoms with Crippen LogP contribution in [0.3, 0.4) is 0 Å². The molecule has 0 unspecified atom stereocenters. The number of anilines is 1. The predicted octanol–water partition coefficient (Wildman–Crippen LogP) is -2.26. The smallest absolute Gasteiger partial charge is 0.326 e. The number of aromatic amines is 2. The first-order chi connectivity index (χ1) is 5.52. The number of nitrogens with two attached hydrogens (primary N) is 2. The van der Waals surface area contributed by atoms with Crippen molar-refractivity contribution in [3.05, 3.63) is 26.5 Å². The summed E-state index contributed by atoms with van der Waals surface area (Å²) < 4.78 is 0. The normalized spacial score (nSPS) is 9.67. The maximum absolute atomic E-state index is 10.8. The van der Waals surface area contributed by atoms with E-state index in [2.05, 4.69) is 0 Å². The van der Waals surface area contributed by atoms with Crippen LogP contribution in [0.2, 0.25) is 0 Å². The molecular weight excluding hydrogens is 164 g/mol. The van der Waals surface area contributed by atoms with Crippen LogP contribution < -0.4 is 22.7 Å². The maximum Gasteiger partial charge on any atom is 0.326 e. The van der Waals surface area contributed by atoms with Gasteiger partial charge in [0.05, 0.1) is 0 Å². The molecule has 64 valence electrons. The van der Waals surface area contributed by atoms with Crippen LogP contribution >= 0.6 is 0 Å². The second kappa shape index (κ2) is 2.53. The van der Waals surface area contributed by atoms with E-state index >= 15 is 0 Å². The Kier molecular flexibility index (Phi) is 1.70. The summed E-state index contributed by atoms with van der Waals surface area (Å²) in [5.41, 5.74) is 7.55. The van der Waals surface area contributed by atoms with Gasteiger partial charge in [0.2, 0.25) is 0 Å². The van der Waals surface area contributed by atoms with E-state index in [0.717, 1.165) is 0 Å². The third kappa shape index (κ3) is 1.19. The number of nitrogen functional groups attached to an aromatic ring is 1. The molecule has 6 N–H and O–H groups in total. The Morgan fingerprint density at radius 1 is 1.25 bits per heavy atom. The molecule has 1 amide bonds. The van der Waals surface area contributed by atoms with E-state index in [9.17, 15) is 14.4 Å². The molecule has 0 spiro atoms. The Morgan fingerprint density at radius 2 is 1.83 bits per heavy atom. The molecule has 0 saturated carbocycles. The second-order valence-electron chi connectivity index (χ2n) is 2.06. The highest BCUT2D eigenvalue weighted by molar-refractivity contribution is 5.95. The zero-order valence-corrected chi connectivity index (χ0v) is 5.88. The van der Waals surface area contributed by atoms with Gasteiger partial charge in [-0.3, -0.25) is 14.6 Å². The lowest BCUT2D eigenvalue weighted by atomic mass is 10.3. The summed E-state index contributed by atoms with van der Waals surface area (Å²) in [6, 6.07) is 0. The van der Waals surface area contributed by atoms with Gasteiger partial charge in [-0.25, -0.2) is 4.79 Å². The molecule has 0 bridgehead atoms. The molecule has 0 aliphatic carbocycles. The molecule has 1 aromatic heterocycles. The summed E-state index contributed by atoms with van der Waals surface area (Å²) in [6.07, 6.45) is 0. The van der Waals surface area contributed by atoms with Gasteiger partial charge in [0, 0.05) is 0 Å². The first-order valence-corrected chi connectivity index (χ1v) is 2.94. The second-order valence-corrected chi connectivity index (χ2v) is 2.06. The van der Waals surface area contributed by atoms with E-state index in [1.54, 1.807) is 0 Å². The minimum absolute atomic E-state index is 0.372. The molecule has 0 atom stereocenters. The number of nitrogens with one attached hydrogen (secondary N) is 2. The van der Waals surface area contributed by atoms with Crippen molar-refractivity contribution in [2.45, 2.75) is 0 Å². The lowest BCUT2D eigenvalue weighted by Gasteiger charge is -1.97. The number of carbonyl (C=O) groups excluding carboxylic acids is 1. The molecule has 12 heavy (non-hydrogen) atoms. The minimum Gasteiger partial charge on any atom is -0.392 e. The van der Waals surface area contributed by atoms with Gasteiger partial charge >= 0.3 is 5.69 Å². The molecule has 0 aliphatic rings. The minimum atomic E-state index is -0.948. The zero-order chi connectivity index (χ0) is 9.30. The summed E-state index contributed by atoms with van der Waals surface area (Å²) in [4.78, 5) is 35.7. The SMILES string of the molecule is NC(=O)c1[nH]c(=O)[nH]c(=O)c1N. The van der Waals surface area contributed by atoms with Crippen LogP contribution in [-0.4, -0.2) is 15.9 Å². The van der Waals surface area contributed by atoms with Gasteiger partial charge in [0.15, 0.2) is 0 Å². The van der Waals surface area contributed by atoms with Gasteiger partial charge in [-0.15, -0.1) is 0 Å². The number of rotatable bonds is 1. The molecular formula is C5H6N4O3. The zero-order valence-electron chi connectivity index (χ0n) is 5.88. The average Bonchev–Trinajstić information content (AvgIpc) is 1.96. The molecule has 0 saturated heterocycles. The molecule has 1 aromatic rings. The number of H-pyrrole nitrogens is 2. The summed E-state index contributed by atoms with van der Waals surface area (Å²) in [5, 5.41) is 0. The number of primary amides is 1.